The Kier molecular flexibility index (Phi) is 6.42. The number of aliphatic imine (C=N–C) groups is 1. The second-order valence-corrected chi connectivity index (χ2v) is 5.69. The summed E-state index contributed by atoms with van der Waals surface area (Å²) >= 11 is 0. The van der Waals surface area contributed by atoms with Gasteiger partial charge in [-0.05, 0) is 31.2 Å². The first-order valence-corrected chi connectivity index (χ1v) is 7.95. The zero-order valence-corrected chi connectivity index (χ0v) is 12.4. The van der Waals surface area contributed by atoms with Crippen molar-refractivity contribution >= 4 is 5.96 Å². The predicted octanol–water partition coefficient (Wildman–Crippen LogP) is 3.25. The Hall–Kier alpha value is -1.51. The van der Waals surface area contributed by atoms with Crippen molar-refractivity contribution in [3.8, 4) is 0 Å². The van der Waals surface area contributed by atoms with Crippen LogP contribution in [0.1, 0.15) is 50.5 Å². The molecule has 0 bridgehead atoms. The van der Waals surface area contributed by atoms with E-state index in [1.54, 1.807) is 0 Å². The SMILES string of the molecule is NC(=NCCCc1ccccc1)NC1CCCCCC1. The molecule has 1 saturated carbocycles. The minimum atomic E-state index is 0.537. The molecule has 0 spiro atoms. The highest BCUT2D eigenvalue weighted by Gasteiger charge is 2.11. The lowest BCUT2D eigenvalue weighted by Gasteiger charge is -2.16. The molecule has 0 aliphatic heterocycles. The highest BCUT2D eigenvalue weighted by Crippen LogP contribution is 2.16. The average molecular weight is 273 g/mol. The first kappa shape index (κ1) is 14.9. The molecular weight excluding hydrogens is 246 g/mol. The summed E-state index contributed by atoms with van der Waals surface area (Å²) in [6, 6.07) is 11.1. The summed E-state index contributed by atoms with van der Waals surface area (Å²) in [5, 5.41) is 3.39. The summed E-state index contributed by atoms with van der Waals surface area (Å²) in [4.78, 5) is 4.45. The third-order valence-electron chi connectivity index (χ3n) is 3.96. The molecule has 3 N–H and O–H groups in total. The summed E-state index contributed by atoms with van der Waals surface area (Å²) in [6.45, 7) is 0.806. The van der Waals surface area contributed by atoms with E-state index in [0.717, 1.165) is 19.4 Å². The van der Waals surface area contributed by atoms with Gasteiger partial charge in [0.15, 0.2) is 5.96 Å². The molecule has 0 heterocycles. The van der Waals surface area contributed by atoms with Crippen LogP contribution in [0.15, 0.2) is 35.3 Å². The Morgan fingerprint density at radius 2 is 1.80 bits per heavy atom. The number of hydrogen-bond donors (Lipinski definition) is 2. The fraction of sp³-hybridized carbons (Fsp3) is 0.588. The maximum atomic E-state index is 5.97. The van der Waals surface area contributed by atoms with E-state index < -0.39 is 0 Å². The van der Waals surface area contributed by atoms with Crippen molar-refractivity contribution in [3.63, 3.8) is 0 Å². The van der Waals surface area contributed by atoms with E-state index in [4.69, 9.17) is 5.73 Å². The minimum absolute atomic E-state index is 0.537. The van der Waals surface area contributed by atoms with Gasteiger partial charge in [0, 0.05) is 12.6 Å². The number of benzene rings is 1. The molecule has 110 valence electrons. The average Bonchev–Trinajstić information content (AvgIpc) is 2.73. The van der Waals surface area contributed by atoms with Crippen molar-refractivity contribution in [1.29, 1.82) is 0 Å². The molecule has 0 radical (unpaired) electrons. The van der Waals surface area contributed by atoms with E-state index >= 15 is 0 Å². The highest BCUT2D eigenvalue weighted by atomic mass is 15.1. The Morgan fingerprint density at radius 3 is 2.50 bits per heavy atom. The molecule has 20 heavy (non-hydrogen) atoms. The van der Waals surface area contributed by atoms with Gasteiger partial charge in [-0.1, -0.05) is 56.0 Å². The molecule has 1 aromatic rings. The van der Waals surface area contributed by atoms with E-state index in [9.17, 15) is 0 Å². The van der Waals surface area contributed by atoms with Gasteiger partial charge >= 0.3 is 0 Å². The van der Waals surface area contributed by atoms with Crippen molar-refractivity contribution in [3.05, 3.63) is 35.9 Å². The van der Waals surface area contributed by atoms with Gasteiger partial charge < -0.3 is 11.1 Å². The third kappa shape index (κ3) is 5.64. The molecule has 0 amide bonds. The third-order valence-corrected chi connectivity index (χ3v) is 3.96. The first-order chi connectivity index (χ1) is 9.84. The molecule has 1 aliphatic carbocycles. The van der Waals surface area contributed by atoms with E-state index in [1.807, 2.05) is 0 Å². The summed E-state index contributed by atoms with van der Waals surface area (Å²) in [5.74, 6) is 0.630. The fourth-order valence-electron chi connectivity index (χ4n) is 2.81. The van der Waals surface area contributed by atoms with Crippen molar-refractivity contribution in [1.82, 2.24) is 5.32 Å². The van der Waals surface area contributed by atoms with Crippen LogP contribution in [-0.4, -0.2) is 18.5 Å². The number of nitrogens with zero attached hydrogens (tertiary/aromatic N) is 1. The van der Waals surface area contributed by atoms with Crippen LogP contribution < -0.4 is 11.1 Å². The van der Waals surface area contributed by atoms with Gasteiger partial charge in [-0.25, -0.2) is 0 Å². The van der Waals surface area contributed by atoms with Crippen LogP contribution in [0.4, 0.5) is 0 Å². The second-order valence-electron chi connectivity index (χ2n) is 5.69. The summed E-state index contributed by atoms with van der Waals surface area (Å²) in [6.07, 6.45) is 9.97. The Morgan fingerprint density at radius 1 is 1.10 bits per heavy atom. The van der Waals surface area contributed by atoms with Gasteiger partial charge in [0.05, 0.1) is 0 Å². The zero-order chi connectivity index (χ0) is 14.0. The van der Waals surface area contributed by atoms with Crippen molar-refractivity contribution in [2.24, 2.45) is 10.7 Å². The minimum Gasteiger partial charge on any atom is -0.370 e. The Labute approximate surface area is 122 Å². The number of rotatable bonds is 5. The van der Waals surface area contributed by atoms with Gasteiger partial charge in [-0.15, -0.1) is 0 Å². The predicted molar refractivity (Wildman–Crippen MR) is 85.9 cm³/mol. The largest absolute Gasteiger partial charge is 0.370 e. The van der Waals surface area contributed by atoms with E-state index in [1.165, 1.54) is 44.1 Å². The Balaban J connectivity index is 1.65. The Bertz CT molecular complexity index is 392. The molecule has 3 heteroatoms. The lowest BCUT2D eigenvalue weighted by Crippen LogP contribution is -2.39. The summed E-state index contributed by atoms with van der Waals surface area (Å²) in [5.41, 5.74) is 7.35. The maximum absolute atomic E-state index is 5.97. The molecule has 0 atom stereocenters. The van der Waals surface area contributed by atoms with Gasteiger partial charge in [0.1, 0.15) is 0 Å². The second kappa shape index (κ2) is 8.62. The van der Waals surface area contributed by atoms with Crippen LogP contribution in [0.25, 0.3) is 0 Å². The van der Waals surface area contributed by atoms with Crippen LogP contribution in [-0.2, 0) is 6.42 Å². The van der Waals surface area contributed by atoms with Crippen LogP contribution >= 0.6 is 0 Å². The van der Waals surface area contributed by atoms with Crippen molar-refractivity contribution < 1.29 is 0 Å². The normalized spacial score (nSPS) is 17.7. The van der Waals surface area contributed by atoms with Gasteiger partial charge in [0.25, 0.3) is 0 Å². The van der Waals surface area contributed by atoms with Gasteiger partial charge in [-0.2, -0.15) is 0 Å². The molecule has 2 rings (SSSR count). The number of nitrogens with one attached hydrogen (secondary N) is 1. The standard InChI is InChI=1S/C17H27N3/c18-17(20-16-12-6-1-2-7-13-16)19-14-8-11-15-9-4-3-5-10-15/h3-5,9-10,16H,1-2,6-8,11-14H2,(H3,18,19,20). The molecule has 3 nitrogen and oxygen atoms in total. The van der Waals surface area contributed by atoms with Crippen LogP contribution in [0.5, 0.6) is 0 Å². The molecule has 1 aromatic carbocycles. The lowest BCUT2D eigenvalue weighted by atomic mass is 10.1. The lowest BCUT2D eigenvalue weighted by molar-refractivity contribution is 0.530. The summed E-state index contributed by atoms with van der Waals surface area (Å²) < 4.78 is 0. The molecule has 0 unspecified atom stereocenters. The number of aryl methyl sites for hydroxylation is 1. The topological polar surface area (TPSA) is 50.4 Å². The van der Waals surface area contributed by atoms with Crippen LogP contribution in [0, 0.1) is 0 Å². The smallest absolute Gasteiger partial charge is 0.188 e. The van der Waals surface area contributed by atoms with E-state index in [-0.39, 0.29) is 0 Å². The molecular formula is C17H27N3. The number of nitrogens with two attached hydrogens (primary N) is 1. The van der Waals surface area contributed by atoms with Gasteiger partial charge in [-0.3, -0.25) is 4.99 Å². The quantitative estimate of drug-likeness (QED) is 0.374. The van der Waals surface area contributed by atoms with Crippen molar-refractivity contribution in [2.75, 3.05) is 6.54 Å². The molecule has 1 fully saturated rings. The first-order valence-electron chi connectivity index (χ1n) is 7.95. The van der Waals surface area contributed by atoms with E-state index in [2.05, 4.69) is 40.6 Å². The van der Waals surface area contributed by atoms with E-state index in [0.29, 0.717) is 12.0 Å². The van der Waals surface area contributed by atoms with Crippen LogP contribution in [0.3, 0.4) is 0 Å². The molecule has 1 aliphatic rings. The summed E-state index contributed by atoms with van der Waals surface area (Å²) in [7, 11) is 0. The number of guanidine groups is 1. The van der Waals surface area contributed by atoms with Crippen molar-refractivity contribution in [2.45, 2.75) is 57.4 Å². The number of hydrogen-bond acceptors (Lipinski definition) is 1. The van der Waals surface area contributed by atoms with Crippen LogP contribution in [0.2, 0.25) is 0 Å². The maximum Gasteiger partial charge on any atom is 0.188 e. The molecule has 0 aromatic heterocycles. The zero-order valence-electron chi connectivity index (χ0n) is 12.4. The fourth-order valence-corrected chi connectivity index (χ4v) is 2.81. The highest BCUT2D eigenvalue weighted by molar-refractivity contribution is 5.78. The van der Waals surface area contributed by atoms with Gasteiger partial charge in [0.2, 0.25) is 0 Å². The molecule has 0 saturated heterocycles. The monoisotopic (exact) mass is 273 g/mol.